The molecule has 1 fully saturated rings. The molecule has 2 N–H and O–H groups in total. The molecular weight excluding hydrogens is 452 g/mol. The van der Waals surface area contributed by atoms with Crippen LogP contribution in [0, 0.1) is 13.8 Å². The van der Waals surface area contributed by atoms with Gasteiger partial charge in [-0.05, 0) is 55.7 Å². The Morgan fingerprint density at radius 1 is 1.15 bits per heavy atom. The smallest absolute Gasteiger partial charge is 0.322 e. The number of aromatic nitrogens is 1. The van der Waals surface area contributed by atoms with Gasteiger partial charge in [0, 0.05) is 47.8 Å². The molecule has 1 saturated heterocycles. The quantitative estimate of drug-likeness (QED) is 0.517. The van der Waals surface area contributed by atoms with Crippen LogP contribution in [0.15, 0.2) is 47.3 Å². The van der Waals surface area contributed by atoms with Gasteiger partial charge in [0.25, 0.3) is 5.56 Å². The number of morpholine rings is 1. The molecule has 2 heterocycles. The summed E-state index contributed by atoms with van der Waals surface area (Å²) in [5.74, 6) is 0. The lowest BCUT2D eigenvalue weighted by Gasteiger charge is -2.28. The van der Waals surface area contributed by atoms with Gasteiger partial charge >= 0.3 is 6.03 Å². The Morgan fingerprint density at radius 2 is 1.91 bits per heavy atom. The summed E-state index contributed by atoms with van der Waals surface area (Å²) in [6.45, 7) is 8.90. The SMILES string of the molecule is Cc1ccc(C)c2[nH]c(=O)c(CN(CCCN3CCOCC3)C(=O)Nc3cccc(Cl)c3)cc12. The van der Waals surface area contributed by atoms with Gasteiger partial charge < -0.3 is 19.9 Å². The van der Waals surface area contributed by atoms with E-state index < -0.39 is 0 Å². The van der Waals surface area contributed by atoms with Crippen LogP contribution in [0.3, 0.4) is 0 Å². The second kappa shape index (κ2) is 11.0. The third kappa shape index (κ3) is 5.97. The molecule has 0 atom stereocenters. The predicted molar refractivity (Wildman–Crippen MR) is 137 cm³/mol. The van der Waals surface area contributed by atoms with Gasteiger partial charge in [0.2, 0.25) is 0 Å². The van der Waals surface area contributed by atoms with Crippen LogP contribution in [0.5, 0.6) is 0 Å². The fraction of sp³-hybridized carbons (Fsp3) is 0.385. The monoisotopic (exact) mass is 482 g/mol. The Balaban J connectivity index is 1.55. The van der Waals surface area contributed by atoms with Gasteiger partial charge in [0.1, 0.15) is 0 Å². The predicted octanol–water partition coefficient (Wildman–Crippen LogP) is 4.55. The van der Waals surface area contributed by atoms with Gasteiger partial charge in [-0.2, -0.15) is 0 Å². The number of ether oxygens (including phenoxy) is 1. The van der Waals surface area contributed by atoms with Crippen LogP contribution < -0.4 is 10.9 Å². The van der Waals surface area contributed by atoms with Gasteiger partial charge in [-0.25, -0.2) is 4.79 Å². The first kappa shape index (κ1) is 24.3. The van der Waals surface area contributed by atoms with E-state index in [0.717, 1.165) is 61.3 Å². The molecule has 1 aromatic heterocycles. The van der Waals surface area contributed by atoms with Crippen LogP contribution in [0.2, 0.25) is 5.02 Å². The zero-order valence-corrected chi connectivity index (χ0v) is 20.5. The van der Waals surface area contributed by atoms with Crippen LogP contribution in [0.25, 0.3) is 10.9 Å². The first-order chi connectivity index (χ1) is 16.4. The minimum absolute atomic E-state index is 0.171. The summed E-state index contributed by atoms with van der Waals surface area (Å²) in [6, 6.07) is 12.8. The number of halogens is 1. The van der Waals surface area contributed by atoms with Gasteiger partial charge in [-0.1, -0.05) is 29.8 Å². The summed E-state index contributed by atoms with van der Waals surface area (Å²) in [5, 5.41) is 4.47. The number of fused-ring (bicyclic) bond motifs is 1. The molecule has 1 aliphatic heterocycles. The van der Waals surface area contributed by atoms with Crippen LogP contribution in [-0.2, 0) is 11.3 Å². The number of rotatable bonds is 7. The number of H-pyrrole nitrogens is 1. The van der Waals surface area contributed by atoms with Crippen molar-refractivity contribution in [1.29, 1.82) is 0 Å². The highest BCUT2D eigenvalue weighted by atomic mass is 35.5. The molecule has 4 rings (SSSR count). The first-order valence-corrected chi connectivity index (χ1v) is 12.0. The molecular formula is C26H31ClN4O3. The van der Waals surface area contributed by atoms with E-state index in [-0.39, 0.29) is 18.1 Å². The molecule has 0 spiro atoms. The molecule has 34 heavy (non-hydrogen) atoms. The maximum atomic E-state index is 13.2. The maximum Gasteiger partial charge on any atom is 0.322 e. The van der Waals surface area contributed by atoms with E-state index in [2.05, 4.69) is 15.2 Å². The fourth-order valence-corrected chi connectivity index (χ4v) is 4.46. The van der Waals surface area contributed by atoms with Gasteiger partial charge in [-0.15, -0.1) is 0 Å². The number of aryl methyl sites for hydroxylation is 2. The van der Waals surface area contributed by atoms with Gasteiger partial charge in [-0.3, -0.25) is 9.69 Å². The number of anilines is 1. The lowest BCUT2D eigenvalue weighted by atomic mass is 10.0. The molecule has 0 aliphatic carbocycles. The highest BCUT2D eigenvalue weighted by molar-refractivity contribution is 6.30. The number of nitrogens with one attached hydrogen (secondary N) is 2. The van der Waals surface area contributed by atoms with E-state index in [4.69, 9.17) is 16.3 Å². The van der Waals surface area contributed by atoms with Crippen LogP contribution in [-0.4, -0.2) is 60.2 Å². The fourth-order valence-electron chi connectivity index (χ4n) is 4.27. The lowest BCUT2D eigenvalue weighted by Crippen LogP contribution is -2.40. The molecule has 0 bridgehead atoms. The Kier molecular flexibility index (Phi) is 7.88. The van der Waals surface area contributed by atoms with Gasteiger partial charge in [0.05, 0.1) is 25.3 Å². The van der Waals surface area contributed by atoms with Crippen molar-refractivity contribution in [3.05, 3.63) is 74.5 Å². The number of hydrogen-bond donors (Lipinski definition) is 2. The third-order valence-corrected chi connectivity index (χ3v) is 6.49. The standard InChI is InChI=1S/C26H31ClN4O3/c1-18-7-8-19(2)24-23(18)15-20(25(32)29-24)17-31(10-4-9-30-11-13-34-14-12-30)26(33)28-22-6-3-5-21(27)16-22/h3,5-8,15-16H,4,9-14,17H2,1-2H3,(H,28,33)(H,29,32). The molecule has 0 unspecified atom stereocenters. The number of benzene rings is 2. The molecule has 1 aliphatic rings. The molecule has 7 nitrogen and oxygen atoms in total. The summed E-state index contributed by atoms with van der Waals surface area (Å²) >= 11 is 6.08. The molecule has 0 radical (unpaired) electrons. The molecule has 3 aromatic rings. The topological polar surface area (TPSA) is 77.7 Å². The average molecular weight is 483 g/mol. The highest BCUT2D eigenvalue weighted by Crippen LogP contribution is 2.21. The number of pyridine rings is 1. The van der Waals surface area contributed by atoms with Gasteiger partial charge in [0.15, 0.2) is 0 Å². The van der Waals surface area contributed by atoms with Crippen molar-refractivity contribution in [1.82, 2.24) is 14.8 Å². The maximum absolute atomic E-state index is 13.2. The molecule has 0 saturated carbocycles. The second-order valence-corrected chi connectivity index (χ2v) is 9.22. The van der Waals surface area contributed by atoms with Crippen molar-refractivity contribution >= 4 is 34.2 Å². The first-order valence-electron chi connectivity index (χ1n) is 11.6. The Hall–Kier alpha value is -2.87. The summed E-state index contributed by atoms with van der Waals surface area (Å²) in [5.41, 5.74) is 3.96. The van der Waals surface area contributed by atoms with E-state index in [0.29, 0.717) is 22.8 Å². The van der Waals surface area contributed by atoms with Crippen LogP contribution in [0.1, 0.15) is 23.1 Å². The third-order valence-electron chi connectivity index (χ3n) is 6.25. The average Bonchev–Trinajstić information content (AvgIpc) is 2.82. The van der Waals surface area contributed by atoms with E-state index in [9.17, 15) is 9.59 Å². The highest BCUT2D eigenvalue weighted by Gasteiger charge is 2.18. The number of amides is 2. The van der Waals surface area contributed by atoms with E-state index in [1.165, 1.54) is 0 Å². The van der Waals surface area contributed by atoms with Crippen molar-refractivity contribution in [2.75, 3.05) is 44.7 Å². The number of hydrogen-bond acceptors (Lipinski definition) is 4. The number of aromatic amines is 1. The minimum Gasteiger partial charge on any atom is -0.379 e. The Bertz CT molecular complexity index is 1220. The van der Waals surface area contributed by atoms with Crippen molar-refractivity contribution in [2.45, 2.75) is 26.8 Å². The van der Waals surface area contributed by atoms with Crippen molar-refractivity contribution in [2.24, 2.45) is 0 Å². The molecule has 2 aromatic carbocycles. The normalized spacial score (nSPS) is 14.3. The number of nitrogens with zero attached hydrogens (tertiary/aromatic N) is 2. The van der Waals surface area contributed by atoms with E-state index >= 15 is 0 Å². The van der Waals surface area contributed by atoms with Crippen LogP contribution in [0.4, 0.5) is 10.5 Å². The zero-order chi connectivity index (χ0) is 24.1. The molecule has 180 valence electrons. The van der Waals surface area contributed by atoms with Crippen molar-refractivity contribution in [3.63, 3.8) is 0 Å². The molecule has 8 heteroatoms. The summed E-state index contributed by atoms with van der Waals surface area (Å²) in [7, 11) is 0. The number of carbonyl (C=O) groups is 1. The number of carbonyl (C=O) groups excluding carboxylic acids is 1. The lowest BCUT2D eigenvalue weighted by molar-refractivity contribution is 0.0365. The summed E-state index contributed by atoms with van der Waals surface area (Å²) in [6.07, 6.45) is 0.798. The largest absolute Gasteiger partial charge is 0.379 e. The van der Waals surface area contributed by atoms with E-state index in [1.807, 2.05) is 32.0 Å². The number of urea groups is 1. The second-order valence-electron chi connectivity index (χ2n) is 8.78. The van der Waals surface area contributed by atoms with Crippen molar-refractivity contribution in [3.8, 4) is 0 Å². The Labute approximate surface area is 204 Å². The summed E-state index contributed by atoms with van der Waals surface area (Å²) in [4.78, 5) is 33.2. The zero-order valence-electron chi connectivity index (χ0n) is 19.7. The Morgan fingerprint density at radius 3 is 2.68 bits per heavy atom. The van der Waals surface area contributed by atoms with Crippen molar-refractivity contribution < 1.29 is 9.53 Å². The minimum atomic E-state index is -0.260. The van der Waals surface area contributed by atoms with E-state index in [1.54, 1.807) is 29.2 Å². The summed E-state index contributed by atoms with van der Waals surface area (Å²) < 4.78 is 5.42. The van der Waals surface area contributed by atoms with Crippen LogP contribution >= 0.6 is 11.6 Å². The molecule has 2 amide bonds.